The number of fused-ring (bicyclic) bond motifs is 1. The van der Waals surface area contributed by atoms with E-state index in [4.69, 9.17) is 0 Å². The molecule has 1 atom stereocenters. The number of aromatic amines is 1. The van der Waals surface area contributed by atoms with Gasteiger partial charge in [-0.2, -0.15) is 5.10 Å². The van der Waals surface area contributed by atoms with Gasteiger partial charge in [-0.15, -0.1) is 0 Å². The third-order valence-electron chi connectivity index (χ3n) is 7.12. The van der Waals surface area contributed by atoms with Crippen LogP contribution in [0.5, 0.6) is 0 Å². The van der Waals surface area contributed by atoms with Gasteiger partial charge in [-0.1, -0.05) is 13.8 Å². The average Bonchev–Trinajstić information content (AvgIpc) is 3.24. The number of likely N-dealkylation sites (N-methyl/N-ethyl adjacent to an activating group) is 1. The Hall–Kier alpha value is -2.75. The predicted molar refractivity (Wildman–Crippen MR) is 125 cm³/mol. The summed E-state index contributed by atoms with van der Waals surface area (Å²) in [4.78, 5) is 28.2. The van der Waals surface area contributed by atoms with Gasteiger partial charge in [-0.05, 0) is 41.7 Å². The molecule has 4 heterocycles. The molecule has 180 valence electrons. The second-order valence-electron chi connectivity index (χ2n) is 10.7. The number of piperazine rings is 1. The first-order valence-corrected chi connectivity index (χ1v) is 11.5. The number of nitrogens with one attached hydrogen (secondary N) is 2. The second kappa shape index (κ2) is 7.93. The van der Waals surface area contributed by atoms with Gasteiger partial charge in [0, 0.05) is 36.2 Å². The minimum Gasteiger partial charge on any atom is -0.321 e. The Bertz CT molecular complexity index is 1060. The summed E-state index contributed by atoms with van der Waals surface area (Å²) < 4.78 is 14.4. The van der Waals surface area contributed by atoms with Crippen molar-refractivity contribution in [1.29, 1.82) is 0 Å². The number of carbonyl (C=O) groups is 1. The van der Waals surface area contributed by atoms with Crippen molar-refractivity contribution in [1.82, 2.24) is 34.9 Å². The molecule has 2 N–H and O–H groups in total. The molecule has 0 aromatic carbocycles. The number of anilines is 2. The van der Waals surface area contributed by atoms with E-state index in [2.05, 4.69) is 58.2 Å². The topological polar surface area (TPSA) is 93.3 Å². The van der Waals surface area contributed by atoms with Gasteiger partial charge < -0.3 is 15.1 Å². The summed E-state index contributed by atoms with van der Waals surface area (Å²) in [6.45, 7) is 16.2. The molecule has 2 aliphatic heterocycles. The number of amides is 2. The van der Waals surface area contributed by atoms with Crippen molar-refractivity contribution in [2.75, 3.05) is 25.5 Å². The second-order valence-corrected chi connectivity index (χ2v) is 10.7. The number of urea groups is 1. The number of carbonyl (C=O) groups excluding carboxylic acids is 1. The van der Waals surface area contributed by atoms with E-state index in [0.717, 1.165) is 17.8 Å². The van der Waals surface area contributed by atoms with Gasteiger partial charge in [0.05, 0.1) is 24.0 Å². The van der Waals surface area contributed by atoms with Crippen LogP contribution in [0.3, 0.4) is 0 Å². The smallest absolute Gasteiger partial charge is 0.321 e. The van der Waals surface area contributed by atoms with Crippen LogP contribution < -0.4 is 5.32 Å². The fourth-order valence-corrected chi connectivity index (χ4v) is 4.63. The number of halogens is 1. The molecular weight excluding hydrogens is 423 g/mol. The van der Waals surface area contributed by atoms with Crippen LogP contribution in [0.2, 0.25) is 0 Å². The van der Waals surface area contributed by atoms with Gasteiger partial charge in [0.2, 0.25) is 0 Å². The number of aromatic nitrogens is 4. The minimum atomic E-state index is -0.583. The highest BCUT2D eigenvalue weighted by atomic mass is 19.1. The first-order valence-electron chi connectivity index (χ1n) is 11.5. The van der Waals surface area contributed by atoms with Crippen LogP contribution in [0.1, 0.15) is 71.5 Å². The number of nitrogens with zero attached hydrogens (tertiary/aromatic N) is 6. The zero-order valence-corrected chi connectivity index (χ0v) is 20.8. The van der Waals surface area contributed by atoms with Gasteiger partial charge in [0.15, 0.2) is 17.5 Å². The van der Waals surface area contributed by atoms with Gasteiger partial charge in [-0.25, -0.2) is 19.2 Å². The molecule has 4 rings (SSSR count). The van der Waals surface area contributed by atoms with Gasteiger partial charge >= 0.3 is 6.03 Å². The Morgan fingerprint density at radius 3 is 2.64 bits per heavy atom. The molecule has 2 aromatic heterocycles. The fraction of sp³-hybridized carbons (Fsp3) is 0.652. The Kier molecular flexibility index (Phi) is 5.63. The summed E-state index contributed by atoms with van der Waals surface area (Å²) in [6, 6.07) is 0.102. The van der Waals surface area contributed by atoms with Crippen molar-refractivity contribution < 1.29 is 9.18 Å². The van der Waals surface area contributed by atoms with Crippen LogP contribution in [0.15, 0.2) is 6.20 Å². The lowest BCUT2D eigenvalue weighted by atomic mass is 9.96. The van der Waals surface area contributed by atoms with Crippen molar-refractivity contribution >= 4 is 17.7 Å². The third-order valence-corrected chi connectivity index (χ3v) is 7.12. The zero-order chi connectivity index (χ0) is 24.3. The molecule has 1 saturated heterocycles. The standard InChI is InChI=1S/C23H35FN8O/c1-13(2)18-25-9-16(24)20(26-18)27-19-15-11-32(23(6,7)17(15)28-29-19)21(33)31-12-22(4,5)30(8)10-14(31)3/h9,13-14H,10-12H2,1-8H3,(H2,25,26,27,28,29)/t14-/m0/s1. The van der Waals surface area contributed by atoms with Crippen LogP contribution in [-0.4, -0.2) is 72.6 Å². The summed E-state index contributed by atoms with van der Waals surface area (Å²) >= 11 is 0. The molecule has 10 heteroatoms. The van der Waals surface area contributed by atoms with Crippen LogP contribution in [0, 0.1) is 5.82 Å². The number of H-pyrrole nitrogens is 1. The first kappa shape index (κ1) is 23.4. The number of hydrogen-bond donors (Lipinski definition) is 2. The Labute approximate surface area is 194 Å². The van der Waals surface area contributed by atoms with E-state index in [1.165, 1.54) is 6.20 Å². The maximum absolute atomic E-state index is 14.4. The number of hydrogen-bond acceptors (Lipinski definition) is 6. The van der Waals surface area contributed by atoms with Crippen LogP contribution >= 0.6 is 0 Å². The third kappa shape index (κ3) is 3.94. The van der Waals surface area contributed by atoms with E-state index in [-0.39, 0.29) is 29.3 Å². The Balaban J connectivity index is 1.60. The monoisotopic (exact) mass is 458 g/mol. The minimum absolute atomic E-state index is 0.000430. The van der Waals surface area contributed by atoms with E-state index in [0.29, 0.717) is 24.7 Å². The lowest BCUT2D eigenvalue weighted by Crippen LogP contribution is -2.65. The van der Waals surface area contributed by atoms with Crippen molar-refractivity contribution in [3.05, 3.63) is 29.1 Å². The first-order chi connectivity index (χ1) is 15.3. The van der Waals surface area contributed by atoms with E-state index >= 15 is 0 Å². The van der Waals surface area contributed by atoms with Gasteiger partial charge in [-0.3, -0.25) is 10.00 Å². The summed E-state index contributed by atoms with van der Waals surface area (Å²) in [5.41, 5.74) is 1.00. The molecular formula is C23H35FN8O. The average molecular weight is 459 g/mol. The van der Waals surface area contributed by atoms with Crippen LogP contribution in [0.4, 0.5) is 20.8 Å². The van der Waals surface area contributed by atoms with E-state index < -0.39 is 11.4 Å². The molecule has 2 aromatic rings. The zero-order valence-electron chi connectivity index (χ0n) is 20.8. The highest BCUT2D eigenvalue weighted by Crippen LogP contribution is 2.42. The fourth-order valence-electron chi connectivity index (χ4n) is 4.63. The molecule has 1 fully saturated rings. The molecule has 0 saturated carbocycles. The molecule has 0 spiro atoms. The lowest BCUT2D eigenvalue weighted by molar-refractivity contribution is 0.00695. The van der Waals surface area contributed by atoms with Gasteiger partial charge in [0.25, 0.3) is 0 Å². The molecule has 9 nitrogen and oxygen atoms in total. The predicted octanol–water partition coefficient (Wildman–Crippen LogP) is 3.79. The molecule has 2 aliphatic rings. The van der Waals surface area contributed by atoms with Crippen molar-refractivity contribution in [3.8, 4) is 0 Å². The van der Waals surface area contributed by atoms with Crippen molar-refractivity contribution in [2.24, 2.45) is 0 Å². The highest BCUT2D eigenvalue weighted by molar-refractivity contribution is 5.78. The summed E-state index contributed by atoms with van der Waals surface area (Å²) in [5.74, 6) is 0.634. The van der Waals surface area contributed by atoms with E-state index in [1.807, 2.05) is 37.5 Å². The molecule has 0 radical (unpaired) electrons. The Morgan fingerprint density at radius 2 is 1.97 bits per heavy atom. The molecule has 0 aliphatic carbocycles. The Morgan fingerprint density at radius 1 is 1.27 bits per heavy atom. The highest BCUT2D eigenvalue weighted by Gasteiger charge is 2.47. The van der Waals surface area contributed by atoms with E-state index in [9.17, 15) is 9.18 Å². The van der Waals surface area contributed by atoms with E-state index in [1.54, 1.807) is 0 Å². The van der Waals surface area contributed by atoms with Gasteiger partial charge in [0.1, 0.15) is 5.82 Å². The quantitative estimate of drug-likeness (QED) is 0.727. The van der Waals surface area contributed by atoms with Crippen molar-refractivity contribution in [3.63, 3.8) is 0 Å². The van der Waals surface area contributed by atoms with Crippen molar-refractivity contribution in [2.45, 2.75) is 78.0 Å². The summed E-state index contributed by atoms with van der Waals surface area (Å²) in [7, 11) is 2.10. The molecule has 0 unspecified atom stereocenters. The lowest BCUT2D eigenvalue weighted by Gasteiger charge is -2.50. The molecule has 0 bridgehead atoms. The maximum Gasteiger partial charge on any atom is 0.321 e. The van der Waals surface area contributed by atoms with Crippen LogP contribution in [0.25, 0.3) is 0 Å². The van der Waals surface area contributed by atoms with Crippen LogP contribution in [-0.2, 0) is 12.1 Å². The normalized spacial score (nSPS) is 22.1. The maximum atomic E-state index is 14.4. The summed E-state index contributed by atoms with van der Waals surface area (Å²) in [6.07, 6.45) is 1.17. The molecule has 33 heavy (non-hydrogen) atoms. The summed E-state index contributed by atoms with van der Waals surface area (Å²) in [5, 5.41) is 10.5. The largest absolute Gasteiger partial charge is 0.321 e. The SMILES string of the molecule is CC(C)c1ncc(F)c(Nc2n[nH]c3c2CN(C(=O)N2CC(C)(C)N(C)C[C@@H]2C)C3(C)C)n1. The number of rotatable bonds is 3. The molecule has 2 amide bonds.